The number of ether oxygens (including phenoxy) is 2. The predicted molar refractivity (Wildman–Crippen MR) is 96.6 cm³/mol. The van der Waals surface area contributed by atoms with Gasteiger partial charge in [0.15, 0.2) is 6.29 Å². The van der Waals surface area contributed by atoms with E-state index in [1.165, 1.54) is 0 Å². The Labute approximate surface area is 142 Å². The van der Waals surface area contributed by atoms with Gasteiger partial charge in [0.25, 0.3) is 0 Å². The van der Waals surface area contributed by atoms with Crippen LogP contribution in [-0.4, -0.2) is 12.9 Å². The van der Waals surface area contributed by atoms with E-state index in [1.807, 2.05) is 36.4 Å². The number of rotatable bonds is 9. The minimum absolute atomic E-state index is 0.359. The first-order chi connectivity index (χ1) is 11.8. The molecule has 0 aliphatic rings. The predicted octanol–water partition coefficient (Wildman–Crippen LogP) is 4.76. The Balaban J connectivity index is 2.04. The highest BCUT2D eigenvalue weighted by Crippen LogP contribution is 2.24. The van der Waals surface area contributed by atoms with Gasteiger partial charge in [-0.05, 0) is 29.3 Å². The second kappa shape index (κ2) is 9.16. The molecule has 0 atom stereocenters. The Bertz CT molecular complexity index is 730. The summed E-state index contributed by atoms with van der Waals surface area (Å²) in [5.74, 6) is 1.13. The van der Waals surface area contributed by atoms with Crippen molar-refractivity contribution in [1.82, 2.24) is 0 Å². The maximum atomic E-state index is 11.3. The molecule has 0 heterocycles. The summed E-state index contributed by atoms with van der Waals surface area (Å²) >= 11 is 0. The minimum atomic E-state index is 0.359. The number of carbonyl (C=O) groups is 1. The van der Waals surface area contributed by atoms with E-state index in [-0.39, 0.29) is 0 Å². The Morgan fingerprint density at radius 1 is 1.04 bits per heavy atom. The van der Waals surface area contributed by atoms with Gasteiger partial charge in [0, 0.05) is 0 Å². The van der Waals surface area contributed by atoms with E-state index in [0.717, 1.165) is 17.4 Å². The molecule has 2 aromatic rings. The van der Waals surface area contributed by atoms with Gasteiger partial charge in [0.05, 0.1) is 5.56 Å². The van der Waals surface area contributed by atoms with Gasteiger partial charge in [-0.1, -0.05) is 61.7 Å². The van der Waals surface area contributed by atoms with Crippen LogP contribution in [0.5, 0.6) is 11.5 Å². The standard InChI is InChI=1S/C21H20O3/c1-3-8-17(4-2)15-23-20-11-12-21(19(13-20)14-22)24-16-18-9-6-5-7-10-18/h3-14H,1-2,15-16H2/b17-8+. The third kappa shape index (κ3) is 4.99. The van der Waals surface area contributed by atoms with E-state index in [9.17, 15) is 4.79 Å². The molecular formula is C21H20O3. The lowest BCUT2D eigenvalue weighted by atomic mass is 10.2. The van der Waals surface area contributed by atoms with Crippen LogP contribution in [0.4, 0.5) is 0 Å². The van der Waals surface area contributed by atoms with Crippen molar-refractivity contribution in [2.24, 2.45) is 0 Å². The fourth-order valence-electron chi connectivity index (χ4n) is 2.07. The molecule has 3 nitrogen and oxygen atoms in total. The molecule has 2 rings (SSSR count). The Hall–Kier alpha value is -3.07. The number of benzene rings is 2. The largest absolute Gasteiger partial charge is 0.489 e. The second-order valence-electron chi connectivity index (χ2n) is 5.06. The van der Waals surface area contributed by atoms with Gasteiger partial charge < -0.3 is 9.47 Å². The molecule has 0 spiro atoms. The molecule has 0 aliphatic heterocycles. The molecule has 0 unspecified atom stereocenters. The van der Waals surface area contributed by atoms with Gasteiger partial charge in [0.2, 0.25) is 0 Å². The molecule has 0 bridgehead atoms. The van der Waals surface area contributed by atoms with Crippen LogP contribution in [0.1, 0.15) is 15.9 Å². The zero-order valence-electron chi connectivity index (χ0n) is 13.5. The molecule has 24 heavy (non-hydrogen) atoms. The molecule has 0 saturated heterocycles. The van der Waals surface area contributed by atoms with E-state index in [4.69, 9.17) is 9.47 Å². The number of allylic oxidation sites excluding steroid dienone is 2. The molecule has 122 valence electrons. The van der Waals surface area contributed by atoms with Crippen molar-refractivity contribution in [3.63, 3.8) is 0 Å². The summed E-state index contributed by atoms with van der Waals surface area (Å²) in [6.45, 7) is 8.13. The van der Waals surface area contributed by atoms with Crippen LogP contribution in [0, 0.1) is 0 Å². The topological polar surface area (TPSA) is 35.5 Å². The quantitative estimate of drug-likeness (QED) is 0.494. The van der Waals surface area contributed by atoms with Crippen LogP contribution < -0.4 is 9.47 Å². The third-order valence-electron chi connectivity index (χ3n) is 3.35. The van der Waals surface area contributed by atoms with Crippen LogP contribution in [0.3, 0.4) is 0 Å². The highest BCUT2D eigenvalue weighted by molar-refractivity contribution is 5.80. The highest BCUT2D eigenvalue weighted by atomic mass is 16.5. The van der Waals surface area contributed by atoms with Crippen molar-refractivity contribution >= 4 is 6.29 Å². The molecule has 2 aromatic carbocycles. The Morgan fingerprint density at radius 3 is 2.50 bits per heavy atom. The summed E-state index contributed by atoms with van der Waals surface area (Å²) in [4.78, 5) is 11.3. The number of aldehydes is 1. The van der Waals surface area contributed by atoms with Crippen molar-refractivity contribution in [2.45, 2.75) is 6.61 Å². The van der Waals surface area contributed by atoms with Crippen molar-refractivity contribution in [3.05, 3.63) is 96.6 Å². The first kappa shape index (κ1) is 17.3. The van der Waals surface area contributed by atoms with Crippen LogP contribution in [0.15, 0.2) is 85.5 Å². The Kier molecular flexibility index (Phi) is 6.59. The fourth-order valence-corrected chi connectivity index (χ4v) is 2.07. The van der Waals surface area contributed by atoms with Gasteiger partial charge in [-0.3, -0.25) is 4.79 Å². The van der Waals surface area contributed by atoms with Crippen LogP contribution in [-0.2, 0) is 6.61 Å². The first-order valence-electron chi connectivity index (χ1n) is 7.59. The minimum Gasteiger partial charge on any atom is -0.489 e. The number of hydrogen-bond acceptors (Lipinski definition) is 3. The fraction of sp³-hybridized carbons (Fsp3) is 0.0952. The molecule has 0 fully saturated rings. The van der Waals surface area contributed by atoms with Gasteiger partial charge >= 0.3 is 0 Å². The molecular weight excluding hydrogens is 300 g/mol. The molecule has 0 N–H and O–H groups in total. The van der Waals surface area contributed by atoms with E-state index >= 15 is 0 Å². The average Bonchev–Trinajstić information content (AvgIpc) is 2.64. The maximum Gasteiger partial charge on any atom is 0.153 e. The number of hydrogen-bond donors (Lipinski definition) is 0. The van der Waals surface area contributed by atoms with Gasteiger partial charge in [-0.2, -0.15) is 0 Å². The second-order valence-corrected chi connectivity index (χ2v) is 5.06. The van der Waals surface area contributed by atoms with Gasteiger partial charge in [-0.15, -0.1) is 0 Å². The third-order valence-corrected chi connectivity index (χ3v) is 3.35. The molecule has 3 heteroatoms. The zero-order chi connectivity index (χ0) is 17.2. The van der Waals surface area contributed by atoms with Crippen molar-refractivity contribution in [2.75, 3.05) is 6.61 Å². The van der Waals surface area contributed by atoms with Crippen molar-refractivity contribution < 1.29 is 14.3 Å². The number of carbonyl (C=O) groups excluding carboxylic acids is 1. The van der Waals surface area contributed by atoms with E-state index in [1.54, 1.807) is 30.4 Å². The lowest BCUT2D eigenvalue weighted by Gasteiger charge is -2.11. The summed E-state index contributed by atoms with van der Waals surface area (Å²) in [6, 6.07) is 15.0. The van der Waals surface area contributed by atoms with Crippen LogP contribution >= 0.6 is 0 Å². The monoisotopic (exact) mass is 320 g/mol. The van der Waals surface area contributed by atoms with E-state index in [2.05, 4.69) is 13.2 Å². The van der Waals surface area contributed by atoms with E-state index in [0.29, 0.717) is 30.3 Å². The SMILES string of the molecule is C=C/C=C(\C=C)COc1ccc(OCc2ccccc2)c(C=O)c1. The molecule has 0 aromatic heterocycles. The lowest BCUT2D eigenvalue weighted by Crippen LogP contribution is -2.02. The van der Waals surface area contributed by atoms with Gasteiger partial charge in [-0.25, -0.2) is 0 Å². The maximum absolute atomic E-state index is 11.3. The average molecular weight is 320 g/mol. The summed E-state index contributed by atoms with van der Waals surface area (Å²) < 4.78 is 11.4. The van der Waals surface area contributed by atoms with Crippen LogP contribution in [0.2, 0.25) is 0 Å². The van der Waals surface area contributed by atoms with Gasteiger partial charge in [0.1, 0.15) is 24.7 Å². The van der Waals surface area contributed by atoms with E-state index < -0.39 is 0 Å². The summed E-state index contributed by atoms with van der Waals surface area (Å²) in [7, 11) is 0. The highest BCUT2D eigenvalue weighted by Gasteiger charge is 2.06. The van der Waals surface area contributed by atoms with Crippen molar-refractivity contribution in [1.29, 1.82) is 0 Å². The summed E-state index contributed by atoms with van der Waals surface area (Å²) in [5, 5.41) is 0. The zero-order valence-corrected chi connectivity index (χ0v) is 13.5. The summed E-state index contributed by atoms with van der Waals surface area (Å²) in [6.07, 6.45) is 5.98. The molecule has 0 saturated carbocycles. The lowest BCUT2D eigenvalue weighted by molar-refractivity contribution is 0.111. The molecule has 0 radical (unpaired) electrons. The Morgan fingerprint density at radius 2 is 1.83 bits per heavy atom. The van der Waals surface area contributed by atoms with Crippen LogP contribution in [0.25, 0.3) is 0 Å². The molecule has 0 aliphatic carbocycles. The summed E-state index contributed by atoms with van der Waals surface area (Å²) in [5.41, 5.74) is 2.40. The first-order valence-corrected chi connectivity index (χ1v) is 7.59. The normalized spacial score (nSPS) is 10.8. The molecule has 0 amide bonds. The van der Waals surface area contributed by atoms with Crippen molar-refractivity contribution in [3.8, 4) is 11.5 Å². The smallest absolute Gasteiger partial charge is 0.153 e.